The van der Waals surface area contributed by atoms with Gasteiger partial charge in [0.25, 0.3) is 0 Å². The highest BCUT2D eigenvalue weighted by atomic mass is 16.5. The van der Waals surface area contributed by atoms with E-state index >= 15 is 0 Å². The Morgan fingerprint density at radius 2 is 2.00 bits per heavy atom. The van der Waals surface area contributed by atoms with Crippen LogP contribution in [-0.4, -0.2) is 42.9 Å². The lowest BCUT2D eigenvalue weighted by atomic mass is 9.87. The van der Waals surface area contributed by atoms with Crippen LogP contribution in [0.15, 0.2) is 0 Å². The Hall–Kier alpha value is -0.900. The molecular formula is C15H27NO3. The molecule has 0 bridgehead atoms. The van der Waals surface area contributed by atoms with E-state index in [1.807, 2.05) is 0 Å². The molecule has 1 rings (SSSR count). The number of nitrogens with zero attached hydrogens (tertiary/aromatic N) is 1. The number of carbonyl (C=O) groups excluding carboxylic acids is 2. The van der Waals surface area contributed by atoms with Crippen LogP contribution >= 0.6 is 0 Å². The molecule has 1 aliphatic heterocycles. The normalized spacial score (nSPS) is 21.2. The third kappa shape index (κ3) is 4.30. The molecule has 4 nitrogen and oxygen atoms in total. The maximum Gasteiger partial charge on any atom is 0.319 e. The molecule has 1 aliphatic rings. The summed E-state index contributed by atoms with van der Waals surface area (Å²) in [4.78, 5) is 26.3. The number of ketones is 1. The second kappa shape index (κ2) is 7.04. The molecule has 1 heterocycles. The molecule has 0 radical (unpaired) electrons. The SMILES string of the molecule is CCOC(=O)C(C)(C)C(=O)CN1CCCC(CC)C1. The maximum atomic E-state index is 12.3. The van der Waals surface area contributed by atoms with Gasteiger partial charge in [-0.2, -0.15) is 0 Å². The minimum absolute atomic E-state index is 0.0392. The Kier molecular flexibility index (Phi) is 5.98. The summed E-state index contributed by atoms with van der Waals surface area (Å²) in [5, 5.41) is 0. The topological polar surface area (TPSA) is 46.6 Å². The summed E-state index contributed by atoms with van der Waals surface area (Å²) in [5.41, 5.74) is -1.03. The van der Waals surface area contributed by atoms with E-state index in [0.717, 1.165) is 25.9 Å². The van der Waals surface area contributed by atoms with E-state index in [9.17, 15) is 9.59 Å². The van der Waals surface area contributed by atoms with Crippen LogP contribution in [0.3, 0.4) is 0 Å². The Labute approximate surface area is 116 Å². The molecule has 110 valence electrons. The van der Waals surface area contributed by atoms with Gasteiger partial charge in [-0.15, -0.1) is 0 Å². The zero-order valence-corrected chi connectivity index (χ0v) is 12.7. The fraction of sp³-hybridized carbons (Fsp3) is 0.867. The largest absolute Gasteiger partial charge is 0.465 e. The highest BCUT2D eigenvalue weighted by molar-refractivity contribution is 6.03. The van der Waals surface area contributed by atoms with Crippen molar-refractivity contribution in [1.29, 1.82) is 0 Å². The maximum absolute atomic E-state index is 12.3. The van der Waals surface area contributed by atoms with Crippen molar-refractivity contribution in [2.24, 2.45) is 11.3 Å². The van der Waals surface area contributed by atoms with Crippen molar-refractivity contribution in [2.45, 2.75) is 47.0 Å². The van der Waals surface area contributed by atoms with E-state index in [1.165, 1.54) is 6.42 Å². The first-order chi connectivity index (χ1) is 8.91. The quantitative estimate of drug-likeness (QED) is 0.548. The van der Waals surface area contributed by atoms with Crippen LogP contribution in [0.5, 0.6) is 0 Å². The number of Topliss-reactive ketones (excluding diaryl/α,β-unsaturated/α-hetero) is 1. The lowest BCUT2D eigenvalue weighted by Gasteiger charge is -2.33. The number of ether oxygens (including phenoxy) is 1. The summed E-state index contributed by atoms with van der Waals surface area (Å²) in [6.07, 6.45) is 3.56. The van der Waals surface area contributed by atoms with Crippen LogP contribution in [-0.2, 0) is 14.3 Å². The van der Waals surface area contributed by atoms with E-state index in [-0.39, 0.29) is 5.78 Å². The van der Waals surface area contributed by atoms with E-state index in [0.29, 0.717) is 19.1 Å². The average Bonchev–Trinajstić information content (AvgIpc) is 2.39. The fourth-order valence-electron chi connectivity index (χ4n) is 2.45. The lowest BCUT2D eigenvalue weighted by molar-refractivity contribution is -0.158. The molecule has 0 aromatic rings. The van der Waals surface area contributed by atoms with Gasteiger partial charge in [0.1, 0.15) is 5.41 Å². The summed E-state index contributed by atoms with van der Waals surface area (Å²) in [7, 11) is 0. The first-order valence-corrected chi connectivity index (χ1v) is 7.34. The molecule has 1 atom stereocenters. The van der Waals surface area contributed by atoms with Gasteiger partial charge < -0.3 is 4.74 Å². The van der Waals surface area contributed by atoms with Gasteiger partial charge in [-0.3, -0.25) is 14.5 Å². The van der Waals surface area contributed by atoms with Gasteiger partial charge in [0, 0.05) is 6.54 Å². The highest BCUT2D eigenvalue weighted by Crippen LogP contribution is 2.23. The number of hydrogen-bond acceptors (Lipinski definition) is 4. The first-order valence-electron chi connectivity index (χ1n) is 7.34. The molecule has 0 saturated carbocycles. The number of piperidine rings is 1. The Balaban J connectivity index is 2.55. The van der Waals surface area contributed by atoms with Gasteiger partial charge in [-0.05, 0) is 46.1 Å². The van der Waals surface area contributed by atoms with Crippen molar-refractivity contribution in [1.82, 2.24) is 4.90 Å². The predicted molar refractivity (Wildman–Crippen MR) is 74.9 cm³/mol. The van der Waals surface area contributed by atoms with Gasteiger partial charge in [0.05, 0.1) is 13.2 Å². The zero-order chi connectivity index (χ0) is 14.5. The third-order valence-corrected chi connectivity index (χ3v) is 4.03. The van der Waals surface area contributed by atoms with Crippen molar-refractivity contribution >= 4 is 11.8 Å². The molecule has 0 N–H and O–H groups in total. The minimum atomic E-state index is -1.03. The molecule has 1 saturated heterocycles. The Morgan fingerprint density at radius 1 is 1.32 bits per heavy atom. The molecule has 0 aliphatic carbocycles. The van der Waals surface area contributed by atoms with Crippen LogP contribution in [0, 0.1) is 11.3 Å². The van der Waals surface area contributed by atoms with Gasteiger partial charge >= 0.3 is 5.97 Å². The summed E-state index contributed by atoms with van der Waals surface area (Å²) >= 11 is 0. The second-order valence-corrected chi connectivity index (χ2v) is 5.92. The molecule has 0 aromatic heterocycles. The molecule has 19 heavy (non-hydrogen) atoms. The van der Waals surface area contributed by atoms with Crippen molar-refractivity contribution in [3.8, 4) is 0 Å². The van der Waals surface area contributed by atoms with Crippen molar-refractivity contribution in [2.75, 3.05) is 26.2 Å². The molecule has 0 amide bonds. The van der Waals surface area contributed by atoms with E-state index < -0.39 is 11.4 Å². The number of esters is 1. The van der Waals surface area contributed by atoms with Gasteiger partial charge in [0.15, 0.2) is 5.78 Å². The number of likely N-dealkylation sites (tertiary alicyclic amines) is 1. The minimum Gasteiger partial charge on any atom is -0.465 e. The average molecular weight is 269 g/mol. The van der Waals surface area contributed by atoms with Crippen molar-refractivity contribution in [3.05, 3.63) is 0 Å². The molecular weight excluding hydrogens is 242 g/mol. The number of rotatable bonds is 6. The van der Waals surface area contributed by atoms with Gasteiger partial charge in [0.2, 0.25) is 0 Å². The van der Waals surface area contributed by atoms with Crippen molar-refractivity contribution in [3.63, 3.8) is 0 Å². The monoisotopic (exact) mass is 269 g/mol. The standard InChI is InChI=1S/C15H27NO3/c1-5-12-8-7-9-16(10-12)11-13(17)15(3,4)14(18)19-6-2/h12H,5-11H2,1-4H3. The molecule has 1 fully saturated rings. The fourth-order valence-corrected chi connectivity index (χ4v) is 2.45. The van der Waals surface area contributed by atoms with E-state index in [2.05, 4.69) is 11.8 Å². The van der Waals surface area contributed by atoms with Gasteiger partial charge in [-0.1, -0.05) is 13.3 Å². The van der Waals surface area contributed by atoms with Crippen LogP contribution < -0.4 is 0 Å². The predicted octanol–water partition coefficient (Wildman–Crippen LogP) is 2.27. The van der Waals surface area contributed by atoms with Crippen LogP contribution in [0.1, 0.15) is 47.0 Å². The molecule has 1 unspecified atom stereocenters. The van der Waals surface area contributed by atoms with Crippen LogP contribution in [0.2, 0.25) is 0 Å². The number of hydrogen-bond donors (Lipinski definition) is 0. The smallest absolute Gasteiger partial charge is 0.319 e. The second-order valence-electron chi connectivity index (χ2n) is 5.92. The van der Waals surface area contributed by atoms with Crippen LogP contribution in [0.4, 0.5) is 0 Å². The zero-order valence-electron chi connectivity index (χ0n) is 12.7. The lowest BCUT2D eigenvalue weighted by Crippen LogP contribution is -2.45. The highest BCUT2D eigenvalue weighted by Gasteiger charge is 2.38. The first kappa shape index (κ1) is 16.2. The summed E-state index contributed by atoms with van der Waals surface area (Å²) < 4.78 is 4.98. The van der Waals surface area contributed by atoms with E-state index in [4.69, 9.17) is 4.74 Å². The third-order valence-electron chi connectivity index (χ3n) is 4.03. The summed E-state index contributed by atoms with van der Waals surface area (Å²) in [6.45, 7) is 9.89. The molecule has 0 aromatic carbocycles. The molecule has 4 heteroatoms. The van der Waals surface area contributed by atoms with Gasteiger partial charge in [-0.25, -0.2) is 0 Å². The Morgan fingerprint density at radius 3 is 2.58 bits per heavy atom. The Bertz CT molecular complexity index is 325. The number of carbonyl (C=O) groups is 2. The molecule has 0 spiro atoms. The summed E-state index contributed by atoms with van der Waals surface area (Å²) in [6, 6.07) is 0. The van der Waals surface area contributed by atoms with Crippen LogP contribution in [0.25, 0.3) is 0 Å². The summed E-state index contributed by atoms with van der Waals surface area (Å²) in [5.74, 6) is 0.235. The van der Waals surface area contributed by atoms with Crippen molar-refractivity contribution < 1.29 is 14.3 Å². The van der Waals surface area contributed by atoms with E-state index in [1.54, 1.807) is 20.8 Å².